The van der Waals surface area contributed by atoms with E-state index in [1.54, 1.807) is 37.9 Å². The van der Waals surface area contributed by atoms with E-state index < -0.39 is 113 Å². The van der Waals surface area contributed by atoms with E-state index >= 15 is 0 Å². The molecule has 30 nitrogen and oxygen atoms in total. The van der Waals surface area contributed by atoms with Crippen molar-refractivity contribution in [3.8, 4) is 0 Å². The Bertz CT molecular complexity index is 2640. The van der Waals surface area contributed by atoms with Crippen LogP contribution in [0.1, 0.15) is 79.6 Å². The maximum Gasteiger partial charge on any atom is 0.312 e. The first-order chi connectivity index (χ1) is 41.7. The van der Waals surface area contributed by atoms with E-state index in [4.69, 9.17) is 29.4 Å². The summed E-state index contributed by atoms with van der Waals surface area (Å²) < 4.78 is 56.4. The fourth-order valence-electron chi connectivity index (χ4n) is 10.2. The average Bonchev–Trinajstić information content (AvgIpc) is 2.57. The molecule has 12 amide bonds. The highest BCUT2D eigenvalue weighted by Gasteiger charge is 2.42. The van der Waals surface area contributed by atoms with Crippen LogP contribution < -0.4 is 42.4 Å². The summed E-state index contributed by atoms with van der Waals surface area (Å²) in [5, 5.41) is 15.2. The lowest BCUT2D eigenvalue weighted by Gasteiger charge is -2.39. The number of carbonyl (C=O) groups is 11. The highest BCUT2D eigenvalue weighted by molar-refractivity contribution is 7.90. The second-order valence-corrected chi connectivity index (χ2v) is 23.5. The molecule has 0 radical (unpaired) electrons. The number of ether oxygens (including phenoxy) is 5. The molecule has 9 N–H and O–H groups in total. The van der Waals surface area contributed by atoms with Gasteiger partial charge in [-0.25, -0.2) is 17.9 Å². The smallest absolute Gasteiger partial charge is 0.312 e. The molecule has 0 saturated carbocycles. The highest BCUT2D eigenvalue weighted by Crippen LogP contribution is 2.29. The summed E-state index contributed by atoms with van der Waals surface area (Å²) >= 11 is 0. The average molecular weight is 1270 g/mol. The maximum absolute atomic E-state index is 14.2. The fourth-order valence-corrected chi connectivity index (χ4v) is 11.2. The van der Waals surface area contributed by atoms with Gasteiger partial charge in [-0.05, 0) is 75.9 Å². The van der Waals surface area contributed by atoms with Crippen LogP contribution in [0.5, 0.6) is 0 Å². The monoisotopic (exact) mass is 1260 g/mol. The second kappa shape index (κ2) is 38.3. The summed E-state index contributed by atoms with van der Waals surface area (Å²) in [7, 11) is 3.57. The van der Waals surface area contributed by atoms with Crippen molar-refractivity contribution in [2.24, 2.45) is 23.5 Å². The molecule has 0 spiro atoms. The van der Waals surface area contributed by atoms with Crippen molar-refractivity contribution in [2.75, 3.05) is 120 Å². The van der Waals surface area contributed by atoms with E-state index in [1.165, 1.54) is 43.4 Å². The number of nitrogens with one attached hydrogen (secondary N) is 7. The van der Waals surface area contributed by atoms with Crippen LogP contribution in [0.4, 0.5) is 10.5 Å². The van der Waals surface area contributed by atoms with Gasteiger partial charge in [0.2, 0.25) is 41.4 Å². The third-order valence-electron chi connectivity index (χ3n) is 14.9. The van der Waals surface area contributed by atoms with Crippen molar-refractivity contribution in [1.29, 1.82) is 0 Å². The van der Waals surface area contributed by atoms with Crippen LogP contribution in [-0.4, -0.2) is 244 Å². The Labute approximate surface area is 515 Å². The van der Waals surface area contributed by atoms with E-state index in [1.807, 2.05) is 32.4 Å². The molecule has 2 unspecified atom stereocenters. The molecule has 8 atom stereocenters. The largest absolute Gasteiger partial charge is 0.379 e. The molecule has 31 heteroatoms. The van der Waals surface area contributed by atoms with Crippen molar-refractivity contribution in [2.45, 2.75) is 121 Å². The number of likely N-dealkylation sites (tertiary alicyclic amines) is 1. The topological polar surface area (TPSA) is 391 Å². The number of imide groups is 1. The summed E-state index contributed by atoms with van der Waals surface area (Å²) in [5.74, 6) is -6.45. The van der Waals surface area contributed by atoms with E-state index in [9.17, 15) is 61.2 Å². The Hall–Kier alpha value is -7.16. The first kappa shape index (κ1) is 75.1. The van der Waals surface area contributed by atoms with E-state index in [-0.39, 0.29) is 125 Å². The summed E-state index contributed by atoms with van der Waals surface area (Å²) in [6.45, 7) is 9.35. The SMILES string of the molecule is CC[C@H](C)C([C@@H](CC(=O)N1CCC[C@H]1[C@H](OC)[C@@H](C)C(=O)NCC(=O)NS(=O)(=O)c1ccc(NC(=O)[C@H](CCCNC(N)=O)NC(=O)CNC(=O)CCOCCOCCOCCN2C(=O)C=CC2=O)cc1)OC)N(C)C(=O)CNC(=O)C(C(C)C)N(C)C. The Morgan fingerprint density at radius 2 is 1.34 bits per heavy atom. The molecule has 0 aliphatic carbocycles. The predicted molar refractivity (Wildman–Crippen MR) is 320 cm³/mol. The quantitative estimate of drug-likeness (QED) is 0.0276. The number of nitrogens with zero attached hydrogens (tertiary/aromatic N) is 4. The van der Waals surface area contributed by atoms with Crippen LogP contribution in [0, 0.1) is 17.8 Å². The van der Waals surface area contributed by atoms with Gasteiger partial charge in [0, 0.05) is 58.6 Å². The fraction of sp³-hybridized carbons (Fsp3) is 0.667. The predicted octanol–water partition coefficient (Wildman–Crippen LogP) is -1.42. The normalized spacial score (nSPS) is 16.5. The zero-order valence-electron chi connectivity index (χ0n) is 52.2. The van der Waals surface area contributed by atoms with Crippen molar-refractivity contribution in [3.05, 3.63) is 36.4 Å². The van der Waals surface area contributed by atoms with E-state index in [2.05, 4.69) is 31.9 Å². The number of anilines is 1. The summed E-state index contributed by atoms with van der Waals surface area (Å²) in [6.07, 6.45) is 2.53. The van der Waals surface area contributed by atoms with Gasteiger partial charge in [-0.2, -0.15) is 0 Å². The number of hydrogen-bond acceptors (Lipinski definition) is 19. The Kier molecular flexibility index (Phi) is 32.7. The zero-order valence-corrected chi connectivity index (χ0v) is 53.0. The van der Waals surface area contributed by atoms with Gasteiger partial charge in [0.25, 0.3) is 27.7 Å². The number of urea groups is 1. The molecular formula is C57H92N12O18S. The number of sulfonamides is 1. The number of benzene rings is 1. The van der Waals surface area contributed by atoms with Crippen LogP contribution in [0.15, 0.2) is 41.3 Å². The summed E-state index contributed by atoms with van der Waals surface area (Å²) in [4.78, 5) is 146. The minimum Gasteiger partial charge on any atom is -0.379 e. The zero-order chi connectivity index (χ0) is 65.7. The van der Waals surface area contributed by atoms with Crippen molar-refractivity contribution < 1.29 is 84.8 Å². The molecule has 1 aromatic rings. The van der Waals surface area contributed by atoms with E-state index in [0.29, 0.717) is 25.8 Å². The first-order valence-corrected chi connectivity index (χ1v) is 30.8. The lowest BCUT2D eigenvalue weighted by Crippen LogP contribution is -2.55. The van der Waals surface area contributed by atoms with Crippen LogP contribution in [0.25, 0.3) is 0 Å². The lowest BCUT2D eigenvalue weighted by molar-refractivity contribution is -0.146. The van der Waals surface area contributed by atoms with Gasteiger partial charge in [0.05, 0.1) is 113 Å². The van der Waals surface area contributed by atoms with Crippen molar-refractivity contribution >= 4 is 80.8 Å². The Morgan fingerprint density at radius 3 is 1.92 bits per heavy atom. The van der Waals surface area contributed by atoms with Gasteiger partial charge in [0.15, 0.2) is 0 Å². The van der Waals surface area contributed by atoms with Gasteiger partial charge < -0.3 is 71.1 Å². The number of amides is 12. The Balaban J connectivity index is 1.50. The number of carbonyl (C=O) groups excluding carboxylic acids is 11. The van der Waals surface area contributed by atoms with Crippen molar-refractivity contribution in [1.82, 2.24) is 50.9 Å². The molecule has 494 valence electrons. The van der Waals surface area contributed by atoms with E-state index in [0.717, 1.165) is 17.0 Å². The molecule has 3 rings (SSSR count). The Morgan fingerprint density at radius 1 is 0.739 bits per heavy atom. The summed E-state index contributed by atoms with van der Waals surface area (Å²) in [5.41, 5.74) is 5.25. The second-order valence-electron chi connectivity index (χ2n) is 21.9. The van der Waals surface area contributed by atoms with Gasteiger partial charge in [-0.3, -0.25) is 57.7 Å². The third-order valence-corrected chi connectivity index (χ3v) is 16.3. The van der Waals surface area contributed by atoms with Crippen LogP contribution >= 0.6 is 0 Å². The molecule has 2 heterocycles. The molecule has 2 aliphatic heterocycles. The standard InChI is InChI=1S/C57H92N12O18S/c1-11-37(4)52(67(8)50(76)35-62-56(79)51(36(2)3)66(6)7)43(83-9)32-49(75)68-24-13-15-42(68)53(84-10)38(5)54(77)61-34-46(72)65-88(81,82)40-18-16-39(17-19-40)63-55(78)41(14-12-23-59-57(58)80)64-45(71)33-60-44(70)22-26-85-28-30-87-31-29-86-27-25-69-47(73)20-21-48(69)74/h16-21,36-38,41-43,51-53H,11-15,22-35H2,1-10H3,(H,60,70)(H,61,77)(H,62,79)(H,63,78)(H,64,71)(H,65,72)(H3,58,59,80)/t37-,38+,41-,42-,43+,51?,52?,53+/m0/s1. The van der Waals surface area contributed by atoms with Crippen molar-refractivity contribution in [3.63, 3.8) is 0 Å². The molecule has 0 aromatic heterocycles. The molecule has 88 heavy (non-hydrogen) atoms. The maximum atomic E-state index is 14.2. The van der Waals surface area contributed by atoms with Gasteiger partial charge in [0.1, 0.15) is 6.04 Å². The first-order valence-electron chi connectivity index (χ1n) is 29.3. The molecule has 1 fully saturated rings. The van der Waals surface area contributed by atoms with Crippen LogP contribution in [-0.2, 0) is 81.7 Å². The highest BCUT2D eigenvalue weighted by atomic mass is 32.2. The lowest BCUT2D eigenvalue weighted by atomic mass is 9.90. The number of nitrogens with two attached hydrogens (primary N) is 1. The molecule has 2 aliphatic rings. The number of likely N-dealkylation sites (N-methyl/N-ethyl adjacent to an activating group) is 2. The minimum absolute atomic E-state index is 0.000462. The number of primary amides is 1. The number of methoxy groups -OCH3 is 2. The van der Waals surface area contributed by atoms with Crippen LogP contribution in [0.3, 0.4) is 0 Å². The van der Waals surface area contributed by atoms with Crippen LogP contribution in [0.2, 0.25) is 0 Å². The molecule has 1 aromatic carbocycles. The third kappa shape index (κ3) is 24.8. The minimum atomic E-state index is -4.52. The molecular weight excluding hydrogens is 1170 g/mol. The number of rotatable bonds is 41. The van der Waals surface area contributed by atoms with Gasteiger partial charge in [-0.15, -0.1) is 0 Å². The summed E-state index contributed by atoms with van der Waals surface area (Å²) in [6, 6.07) is 1.15. The van der Waals surface area contributed by atoms with Gasteiger partial charge >= 0.3 is 6.03 Å². The molecule has 0 bridgehead atoms. The van der Waals surface area contributed by atoms with Gasteiger partial charge in [-0.1, -0.05) is 41.0 Å². The number of hydrogen-bond donors (Lipinski definition) is 8. The molecule has 1 saturated heterocycles.